The van der Waals surface area contributed by atoms with Crippen LogP contribution in [0.15, 0.2) is 47.8 Å². The van der Waals surface area contributed by atoms with Gasteiger partial charge < -0.3 is 10.1 Å². The average molecular weight is 380 g/mol. The summed E-state index contributed by atoms with van der Waals surface area (Å²) < 4.78 is 4.98. The minimum atomic E-state index is -0.931. The van der Waals surface area contributed by atoms with Gasteiger partial charge in [-0.3, -0.25) is 4.79 Å². The van der Waals surface area contributed by atoms with Crippen LogP contribution in [0.1, 0.15) is 36.0 Å². The molecule has 2 heterocycles. The molecule has 1 saturated carbocycles. The lowest BCUT2D eigenvalue weighted by Gasteiger charge is -2.27. The number of para-hydroxylation sites is 1. The molecule has 0 bridgehead atoms. The number of carbonyl (C=O) groups is 2. The van der Waals surface area contributed by atoms with Crippen molar-refractivity contribution in [2.45, 2.75) is 31.2 Å². The van der Waals surface area contributed by atoms with E-state index < -0.39 is 5.54 Å². The number of carbonyl (C=O) groups excluding carboxylic acids is 2. The largest absolute Gasteiger partial charge is 0.467 e. The summed E-state index contributed by atoms with van der Waals surface area (Å²) in [6, 6.07) is 13.3. The maximum absolute atomic E-state index is 13.2. The van der Waals surface area contributed by atoms with Crippen LogP contribution in [0.5, 0.6) is 0 Å². The molecule has 0 spiro atoms. The van der Waals surface area contributed by atoms with Crippen LogP contribution in [0.4, 0.5) is 0 Å². The van der Waals surface area contributed by atoms with Crippen LogP contribution < -0.4 is 5.32 Å². The van der Waals surface area contributed by atoms with E-state index in [-0.39, 0.29) is 11.9 Å². The van der Waals surface area contributed by atoms with E-state index in [0.717, 1.165) is 34.3 Å². The van der Waals surface area contributed by atoms with Crippen molar-refractivity contribution in [3.8, 4) is 10.6 Å². The zero-order valence-electron chi connectivity index (χ0n) is 15.0. The van der Waals surface area contributed by atoms with E-state index in [4.69, 9.17) is 9.72 Å². The molecule has 1 aliphatic rings. The van der Waals surface area contributed by atoms with E-state index in [1.807, 2.05) is 47.8 Å². The Morgan fingerprint density at radius 1 is 1.15 bits per heavy atom. The Hall–Kier alpha value is -2.73. The summed E-state index contributed by atoms with van der Waals surface area (Å²) in [7, 11) is 1.37. The van der Waals surface area contributed by atoms with Gasteiger partial charge in [0.25, 0.3) is 5.91 Å². The maximum atomic E-state index is 13.2. The van der Waals surface area contributed by atoms with Crippen molar-refractivity contribution >= 4 is 34.1 Å². The number of rotatable bonds is 4. The van der Waals surface area contributed by atoms with Crippen molar-refractivity contribution in [1.29, 1.82) is 0 Å². The number of methoxy groups -OCH3 is 1. The third-order valence-corrected chi connectivity index (χ3v) is 6.01. The number of ether oxygens (including phenoxy) is 1. The zero-order valence-corrected chi connectivity index (χ0v) is 15.8. The standard InChI is InChI=1S/C21H20N2O3S/c1-26-20(25)21(10-4-5-11-21)23-19(24)15-13-17(18-9-6-12-27-18)22-16-8-3-2-7-14(15)16/h2-3,6-9,12-13H,4-5,10-11H2,1H3,(H,23,24). The second-order valence-electron chi connectivity index (χ2n) is 6.78. The Kier molecular flexibility index (Phi) is 4.66. The molecule has 1 fully saturated rings. The molecule has 138 valence electrons. The summed E-state index contributed by atoms with van der Waals surface area (Å²) in [5.41, 5.74) is 1.11. The maximum Gasteiger partial charge on any atom is 0.331 e. The fourth-order valence-electron chi connectivity index (χ4n) is 3.75. The van der Waals surface area contributed by atoms with Gasteiger partial charge in [0.15, 0.2) is 0 Å². The number of hydrogen-bond donors (Lipinski definition) is 1. The van der Waals surface area contributed by atoms with Gasteiger partial charge in [0.2, 0.25) is 0 Å². The molecule has 0 saturated heterocycles. The monoisotopic (exact) mass is 380 g/mol. The van der Waals surface area contributed by atoms with Gasteiger partial charge in [-0.1, -0.05) is 37.1 Å². The highest BCUT2D eigenvalue weighted by molar-refractivity contribution is 7.13. The number of thiophene rings is 1. The van der Waals surface area contributed by atoms with Gasteiger partial charge in [-0.15, -0.1) is 11.3 Å². The number of benzene rings is 1. The number of fused-ring (bicyclic) bond motifs is 1. The molecule has 2 aromatic heterocycles. The molecule has 5 nitrogen and oxygen atoms in total. The second-order valence-corrected chi connectivity index (χ2v) is 7.73. The Morgan fingerprint density at radius 3 is 2.63 bits per heavy atom. The van der Waals surface area contributed by atoms with Crippen molar-refractivity contribution in [3.63, 3.8) is 0 Å². The van der Waals surface area contributed by atoms with Crippen molar-refractivity contribution in [1.82, 2.24) is 10.3 Å². The molecule has 1 N–H and O–H groups in total. The fourth-order valence-corrected chi connectivity index (χ4v) is 4.44. The first-order valence-electron chi connectivity index (χ1n) is 8.97. The number of aromatic nitrogens is 1. The first-order valence-corrected chi connectivity index (χ1v) is 9.85. The summed E-state index contributed by atoms with van der Waals surface area (Å²) >= 11 is 1.58. The van der Waals surface area contributed by atoms with E-state index in [1.54, 1.807) is 11.3 Å². The van der Waals surface area contributed by atoms with E-state index in [0.29, 0.717) is 18.4 Å². The minimum absolute atomic E-state index is 0.265. The normalized spacial score (nSPS) is 15.6. The van der Waals surface area contributed by atoms with Crippen LogP contribution in [0.25, 0.3) is 21.5 Å². The Bertz CT molecular complexity index is 992. The predicted molar refractivity (Wildman–Crippen MR) is 106 cm³/mol. The van der Waals surface area contributed by atoms with Gasteiger partial charge in [-0.2, -0.15) is 0 Å². The van der Waals surface area contributed by atoms with Gasteiger partial charge in [0.1, 0.15) is 5.54 Å². The van der Waals surface area contributed by atoms with Crippen molar-refractivity contribution < 1.29 is 14.3 Å². The first-order chi connectivity index (χ1) is 13.1. The highest BCUT2D eigenvalue weighted by Gasteiger charge is 2.43. The Morgan fingerprint density at radius 2 is 1.93 bits per heavy atom. The van der Waals surface area contributed by atoms with Gasteiger partial charge in [0.05, 0.1) is 28.8 Å². The molecule has 1 aliphatic carbocycles. The molecular formula is C21H20N2O3S. The van der Waals surface area contributed by atoms with Crippen molar-refractivity contribution in [2.75, 3.05) is 7.11 Å². The number of amides is 1. The first kappa shape index (κ1) is 17.7. The third-order valence-electron chi connectivity index (χ3n) is 5.12. The second kappa shape index (κ2) is 7.12. The van der Waals surface area contributed by atoms with Crippen LogP contribution in [-0.4, -0.2) is 29.5 Å². The molecule has 0 unspecified atom stereocenters. The Balaban J connectivity index is 1.78. The lowest BCUT2D eigenvalue weighted by atomic mass is 9.96. The Labute approximate surface area is 161 Å². The number of esters is 1. The van der Waals surface area contributed by atoms with Crippen LogP contribution >= 0.6 is 11.3 Å². The van der Waals surface area contributed by atoms with E-state index in [1.165, 1.54) is 7.11 Å². The van der Waals surface area contributed by atoms with E-state index in [9.17, 15) is 9.59 Å². The summed E-state index contributed by atoms with van der Waals surface area (Å²) in [6.45, 7) is 0. The number of nitrogens with zero attached hydrogens (tertiary/aromatic N) is 1. The van der Waals surface area contributed by atoms with Crippen LogP contribution in [0.3, 0.4) is 0 Å². The van der Waals surface area contributed by atoms with E-state index >= 15 is 0 Å². The highest BCUT2D eigenvalue weighted by Crippen LogP contribution is 2.32. The molecule has 6 heteroatoms. The zero-order chi connectivity index (χ0) is 18.9. The van der Waals surface area contributed by atoms with Gasteiger partial charge >= 0.3 is 5.97 Å². The quantitative estimate of drug-likeness (QED) is 0.690. The summed E-state index contributed by atoms with van der Waals surface area (Å²) in [5, 5.41) is 5.74. The lowest BCUT2D eigenvalue weighted by molar-refractivity contribution is -0.148. The van der Waals surface area contributed by atoms with Crippen LogP contribution in [-0.2, 0) is 9.53 Å². The highest BCUT2D eigenvalue weighted by atomic mass is 32.1. The predicted octanol–water partition coefficient (Wildman–Crippen LogP) is 4.18. The fraction of sp³-hybridized carbons (Fsp3) is 0.286. The summed E-state index contributed by atoms with van der Waals surface area (Å²) in [5.74, 6) is -0.635. The minimum Gasteiger partial charge on any atom is -0.467 e. The molecular weight excluding hydrogens is 360 g/mol. The van der Waals surface area contributed by atoms with Gasteiger partial charge in [-0.05, 0) is 36.4 Å². The molecule has 0 radical (unpaired) electrons. The molecule has 3 aromatic rings. The van der Waals surface area contributed by atoms with Crippen LogP contribution in [0, 0.1) is 0 Å². The molecule has 4 rings (SSSR count). The van der Waals surface area contributed by atoms with Gasteiger partial charge in [-0.25, -0.2) is 9.78 Å². The number of pyridine rings is 1. The van der Waals surface area contributed by atoms with Crippen molar-refractivity contribution in [2.24, 2.45) is 0 Å². The topological polar surface area (TPSA) is 68.3 Å². The summed E-state index contributed by atoms with van der Waals surface area (Å²) in [6.07, 6.45) is 3.00. The molecule has 0 aliphatic heterocycles. The SMILES string of the molecule is COC(=O)C1(NC(=O)c2cc(-c3cccs3)nc3ccccc23)CCCC1. The number of nitrogens with one attached hydrogen (secondary N) is 1. The molecule has 1 aromatic carbocycles. The van der Waals surface area contributed by atoms with Crippen LogP contribution in [0.2, 0.25) is 0 Å². The lowest BCUT2D eigenvalue weighted by Crippen LogP contribution is -2.53. The van der Waals surface area contributed by atoms with E-state index in [2.05, 4.69) is 5.32 Å². The average Bonchev–Trinajstić information content (AvgIpc) is 3.39. The summed E-state index contributed by atoms with van der Waals surface area (Å²) in [4.78, 5) is 31.3. The third kappa shape index (κ3) is 3.21. The van der Waals surface area contributed by atoms with Crippen molar-refractivity contribution in [3.05, 3.63) is 53.4 Å². The molecule has 27 heavy (non-hydrogen) atoms. The molecule has 1 amide bonds. The molecule has 0 atom stereocenters. The van der Waals surface area contributed by atoms with Gasteiger partial charge in [0, 0.05) is 5.39 Å². The number of hydrogen-bond acceptors (Lipinski definition) is 5. The smallest absolute Gasteiger partial charge is 0.331 e.